The smallest absolute Gasteiger partial charge is 0.277 e. The van der Waals surface area contributed by atoms with Crippen molar-refractivity contribution >= 4 is 39.3 Å². The zero-order valence-electron chi connectivity index (χ0n) is 17.5. The fourth-order valence-electron chi connectivity index (χ4n) is 3.71. The van der Waals surface area contributed by atoms with Gasteiger partial charge in [-0.3, -0.25) is 4.79 Å². The predicted octanol–water partition coefficient (Wildman–Crippen LogP) is 5.64. The number of hydrogen-bond donors (Lipinski definition) is 1. The first-order valence-electron chi connectivity index (χ1n) is 10.2. The Labute approximate surface area is 194 Å². The lowest BCUT2D eigenvalue weighted by Crippen LogP contribution is -2.15. The van der Waals surface area contributed by atoms with Crippen LogP contribution in [0.15, 0.2) is 44.4 Å². The van der Waals surface area contributed by atoms with E-state index in [9.17, 15) is 4.79 Å². The van der Waals surface area contributed by atoms with Gasteiger partial charge in [-0.05, 0) is 86.1 Å². The summed E-state index contributed by atoms with van der Waals surface area (Å²) in [6, 6.07) is 10.2. The summed E-state index contributed by atoms with van der Waals surface area (Å²) in [5.41, 5.74) is 5.63. The molecule has 31 heavy (non-hydrogen) atoms. The van der Waals surface area contributed by atoms with Crippen molar-refractivity contribution in [2.45, 2.75) is 51.4 Å². The van der Waals surface area contributed by atoms with Gasteiger partial charge in [0.25, 0.3) is 11.1 Å². The van der Waals surface area contributed by atoms with E-state index in [0.29, 0.717) is 11.1 Å². The Hall–Kier alpha value is -2.32. The van der Waals surface area contributed by atoms with Crippen molar-refractivity contribution < 1.29 is 13.9 Å². The lowest BCUT2D eigenvalue weighted by Gasteiger charge is -2.16. The Balaban J connectivity index is 1.28. The maximum Gasteiger partial charge on any atom is 0.277 e. The highest BCUT2D eigenvalue weighted by molar-refractivity contribution is 9.10. The van der Waals surface area contributed by atoms with Crippen LogP contribution in [0.3, 0.4) is 0 Å². The van der Waals surface area contributed by atoms with Crippen LogP contribution in [0.25, 0.3) is 0 Å². The molecule has 1 aromatic heterocycles. The van der Waals surface area contributed by atoms with Gasteiger partial charge in [-0.15, -0.1) is 10.2 Å². The molecule has 1 aliphatic rings. The number of amides is 1. The quantitative estimate of drug-likeness (QED) is 0.422. The number of aryl methyl sites for hydroxylation is 4. The van der Waals surface area contributed by atoms with E-state index in [4.69, 9.17) is 9.15 Å². The number of fused-ring (bicyclic) bond motifs is 1. The van der Waals surface area contributed by atoms with Gasteiger partial charge < -0.3 is 14.5 Å². The van der Waals surface area contributed by atoms with Gasteiger partial charge in [0.15, 0.2) is 6.61 Å². The summed E-state index contributed by atoms with van der Waals surface area (Å²) in [6.45, 7) is 4.14. The van der Waals surface area contributed by atoms with Crippen LogP contribution in [0, 0.1) is 13.8 Å². The van der Waals surface area contributed by atoms with Gasteiger partial charge in [0.1, 0.15) is 5.75 Å². The van der Waals surface area contributed by atoms with Crippen LogP contribution in [0.5, 0.6) is 5.75 Å². The molecule has 1 N–H and O–H groups in total. The second kappa shape index (κ2) is 9.87. The fraction of sp³-hybridized carbons (Fsp3) is 0.348. The summed E-state index contributed by atoms with van der Waals surface area (Å²) < 4.78 is 12.4. The Morgan fingerprint density at radius 1 is 1.13 bits per heavy atom. The zero-order valence-corrected chi connectivity index (χ0v) is 19.9. The molecular formula is C23H24BrN3O3S. The largest absolute Gasteiger partial charge is 0.484 e. The van der Waals surface area contributed by atoms with E-state index < -0.39 is 0 Å². The van der Waals surface area contributed by atoms with Crippen molar-refractivity contribution in [1.29, 1.82) is 0 Å². The number of benzene rings is 2. The van der Waals surface area contributed by atoms with Crippen LogP contribution >= 0.6 is 27.7 Å². The van der Waals surface area contributed by atoms with E-state index in [1.165, 1.54) is 35.7 Å². The van der Waals surface area contributed by atoms with Gasteiger partial charge in [-0.2, -0.15) is 0 Å². The van der Waals surface area contributed by atoms with E-state index in [1.807, 2.05) is 32.0 Å². The van der Waals surface area contributed by atoms with Gasteiger partial charge in [-0.25, -0.2) is 0 Å². The average Bonchev–Trinajstić information content (AvgIpc) is 3.21. The number of nitrogens with one attached hydrogen (secondary N) is 1. The number of thioether (sulfide) groups is 1. The Morgan fingerprint density at radius 3 is 2.65 bits per heavy atom. The number of hydrogen-bond acceptors (Lipinski definition) is 6. The average molecular weight is 502 g/mol. The van der Waals surface area contributed by atoms with Crippen molar-refractivity contribution in [2.24, 2.45) is 0 Å². The number of rotatable bonds is 7. The highest BCUT2D eigenvalue weighted by Gasteiger charge is 2.14. The monoisotopic (exact) mass is 501 g/mol. The molecule has 0 aliphatic heterocycles. The number of carbonyl (C=O) groups is 1. The van der Waals surface area contributed by atoms with Crippen LogP contribution in [0.1, 0.15) is 41.0 Å². The lowest BCUT2D eigenvalue weighted by molar-refractivity contribution is -0.113. The van der Waals surface area contributed by atoms with Crippen molar-refractivity contribution in [3.8, 4) is 5.75 Å². The highest BCUT2D eigenvalue weighted by Crippen LogP contribution is 2.27. The van der Waals surface area contributed by atoms with Crippen LogP contribution in [0.2, 0.25) is 0 Å². The molecule has 0 unspecified atom stereocenters. The maximum absolute atomic E-state index is 12.4. The van der Waals surface area contributed by atoms with Crippen molar-refractivity contribution in [3.05, 3.63) is 62.9 Å². The molecule has 1 heterocycles. The molecule has 3 aromatic rings. The second-order valence-corrected chi connectivity index (χ2v) is 9.48. The summed E-state index contributed by atoms with van der Waals surface area (Å²) in [5, 5.41) is 11.3. The number of carbonyl (C=O) groups excluding carboxylic acids is 1. The summed E-state index contributed by atoms with van der Waals surface area (Å²) in [6.07, 6.45) is 4.74. The van der Waals surface area contributed by atoms with Gasteiger partial charge in [0.05, 0.1) is 5.75 Å². The zero-order chi connectivity index (χ0) is 21.8. The van der Waals surface area contributed by atoms with Crippen LogP contribution < -0.4 is 10.1 Å². The minimum absolute atomic E-state index is 0.122. The third-order valence-corrected chi connectivity index (χ3v) is 6.50. The van der Waals surface area contributed by atoms with Crippen molar-refractivity contribution in [2.75, 3.05) is 11.1 Å². The van der Waals surface area contributed by atoms with Gasteiger partial charge in [0.2, 0.25) is 5.91 Å². The molecule has 2 aromatic carbocycles. The highest BCUT2D eigenvalue weighted by atomic mass is 79.9. The topological polar surface area (TPSA) is 77.2 Å². The van der Waals surface area contributed by atoms with Crippen LogP contribution in [-0.2, 0) is 24.2 Å². The lowest BCUT2D eigenvalue weighted by atomic mass is 9.92. The molecule has 0 spiro atoms. The first-order valence-corrected chi connectivity index (χ1v) is 12.0. The number of nitrogens with zero attached hydrogens (tertiary/aromatic N) is 2. The Bertz CT molecular complexity index is 1080. The predicted molar refractivity (Wildman–Crippen MR) is 125 cm³/mol. The van der Waals surface area contributed by atoms with E-state index in [-0.39, 0.29) is 18.3 Å². The number of aromatic nitrogens is 2. The molecule has 0 radical (unpaired) electrons. The fourth-order valence-corrected chi connectivity index (χ4v) is 4.98. The van der Waals surface area contributed by atoms with Gasteiger partial charge in [0, 0.05) is 10.2 Å². The second-order valence-electron chi connectivity index (χ2n) is 7.64. The van der Waals surface area contributed by atoms with Crippen molar-refractivity contribution in [3.63, 3.8) is 0 Å². The van der Waals surface area contributed by atoms with E-state index in [1.54, 1.807) is 0 Å². The van der Waals surface area contributed by atoms with Crippen LogP contribution in [-0.4, -0.2) is 21.9 Å². The molecule has 6 nitrogen and oxygen atoms in total. The molecule has 1 amide bonds. The molecular weight excluding hydrogens is 478 g/mol. The molecule has 8 heteroatoms. The standard InChI is InChI=1S/C23H24BrN3O3S/c1-14-9-18(24)10-15(2)22(14)25-20(28)13-31-23-27-26-21(30-23)12-29-19-8-7-16-5-3-4-6-17(16)11-19/h7-11H,3-6,12-13H2,1-2H3,(H,25,28). The maximum atomic E-state index is 12.4. The van der Waals surface area contributed by atoms with Crippen LogP contribution in [0.4, 0.5) is 5.69 Å². The molecule has 0 saturated heterocycles. The summed E-state index contributed by atoms with van der Waals surface area (Å²) in [7, 11) is 0. The summed E-state index contributed by atoms with van der Waals surface area (Å²) in [4.78, 5) is 12.4. The summed E-state index contributed by atoms with van der Waals surface area (Å²) >= 11 is 4.67. The molecule has 0 bridgehead atoms. The van der Waals surface area contributed by atoms with Crippen molar-refractivity contribution in [1.82, 2.24) is 10.2 Å². The Morgan fingerprint density at radius 2 is 1.87 bits per heavy atom. The third-order valence-electron chi connectivity index (χ3n) is 5.22. The van der Waals surface area contributed by atoms with Gasteiger partial charge in [-0.1, -0.05) is 33.8 Å². The molecule has 4 rings (SSSR count). The number of anilines is 1. The molecule has 0 fully saturated rings. The number of ether oxygens (including phenoxy) is 1. The van der Waals surface area contributed by atoms with E-state index >= 15 is 0 Å². The first kappa shape index (κ1) is 21.9. The number of halogens is 1. The normalized spacial score (nSPS) is 13.0. The molecule has 0 atom stereocenters. The minimum atomic E-state index is -0.122. The Kier molecular flexibility index (Phi) is 6.97. The minimum Gasteiger partial charge on any atom is -0.484 e. The molecule has 162 valence electrons. The third kappa shape index (κ3) is 5.68. The summed E-state index contributed by atoms with van der Waals surface area (Å²) in [5.74, 6) is 1.26. The molecule has 0 saturated carbocycles. The SMILES string of the molecule is Cc1cc(Br)cc(C)c1NC(=O)CSc1nnc(COc2ccc3c(c2)CCCC3)o1. The van der Waals surface area contributed by atoms with E-state index in [2.05, 4.69) is 43.6 Å². The molecule has 1 aliphatic carbocycles. The first-order chi connectivity index (χ1) is 15.0. The van der Waals surface area contributed by atoms with E-state index in [0.717, 1.165) is 39.9 Å². The van der Waals surface area contributed by atoms with Gasteiger partial charge >= 0.3 is 0 Å².